The number of hydrogen-bond donors (Lipinski definition) is 1. The molecule has 1 aromatic carbocycles. The van der Waals surface area contributed by atoms with Crippen LogP contribution in [0.25, 0.3) is 10.1 Å². The molecule has 5 nitrogen and oxygen atoms in total. The molecule has 0 saturated heterocycles. The fourth-order valence-corrected chi connectivity index (χ4v) is 4.02. The van der Waals surface area contributed by atoms with Gasteiger partial charge in [-0.2, -0.15) is 0 Å². The standard InChI is InChI=1S/C17H14ClNO4S/c18-15-11-8-12-13(23-7-6-22-12)9-14(11)24-16(15)17(20)19-4-3-10-2-1-5-21-10/h1-2,5,8-9H,3-4,6-7H2,(H,19,20). The number of rotatable bonds is 4. The number of nitrogens with one attached hydrogen (secondary N) is 1. The van der Waals surface area contributed by atoms with Crippen LogP contribution in [0.1, 0.15) is 15.4 Å². The zero-order valence-corrected chi connectivity index (χ0v) is 14.2. The molecule has 3 aromatic rings. The summed E-state index contributed by atoms with van der Waals surface area (Å²) in [6, 6.07) is 7.41. The van der Waals surface area contributed by atoms with Gasteiger partial charge in [0.1, 0.15) is 23.9 Å². The van der Waals surface area contributed by atoms with E-state index in [1.165, 1.54) is 11.3 Å². The first-order chi connectivity index (χ1) is 11.7. The fourth-order valence-electron chi connectivity index (χ4n) is 2.58. The average Bonchev–Trinajstić information content (AvgIpc) is 3.21. The van der Waals surface area contributed by atoms with Crippen molar-refractivity contribution in [2.24, 2.45) is 0 Å². The highest BCUT2D eigenvalue weighted by molar-refractivity contribution is 7.21. The SMILES string of the molecule is O=C(NCCc1ccco1)c1sc2cc3c(cc2c1Cl)OCCO3. The highest BCUT2D eigenvalue weighted by atomic mass is 35.5. The molecule has 0 bridgehead atoms. The van der Waals surface area contributed by atoms with Crippen LogP contribution < -0.4 is 14.8 Å². The van der Waals surface area contributed by atoms with Gasteiger partial charge in [-0.05, 0) is 18.2 Å². The van der Waals surface area contributed by atoms with E-state index in [0.717, 1.165) is 15.8 Å². The number of carbonyl (C=O) groups excluding carboxylic acids is 1. The van der Waals surface area contributed by atoms with Crippen molar-refractivity contribution in [2.45, 2.75) is 6.42 Å². The molecule has 1 aliphatic rings. The quantitative estimate of drug-likeness (QED) is 0.763. The Balaban J connectivity index is 1.54. The summed E-state index contributed by atoms with van der Waals surface area (Å²) in [5.41, 5.74) is 0. The molecule has 0 spiro atoms. The van der Waals surface area contributed by atoms with Crippen LogP contribution in [0.3, 0.4) is 0 Å². The van der Waals surface area contributed by atoms with E-state index in [1.54, 1.807) is 6.26 Å². The monoisotopic (exact) mass is 363 g/mol. The van der Waals surface area contributed by atoms with Gasteiger partial charge in [-0.25, -0.2) is 0 Å². The summed E-state index contributed by atoms with van der Waals surface area (Å²) < 4.78 is 17.3. The molecule has 4 rings (SSSR count). The summed E-state index contributed by atoms with van der Waals surface area (Å²) >= 11 is 7.76. The molecule has 1 amide bonds. The number of benzene rings is 1. The molecule has 7 heteroatoms. The van der Waals surface area contributed by atoms with E-state index < -0.39 is 0 Å². The first-order valence-electron chi connectivity index (χ1n) is 7.54. The maximum atomic E-state index is 12.4. The number of furan rings is 1. The molecule has 3 heterocycles. The van der Waals surface area contributed by atoms with Crippen molar-refractivity contribution < 1.29 is 18.7 Å². The summed E-state index contributed by atoms with van der Waals surface area (Å²) in [6.07, 6.45) is 2.25. The Morgan fingerprint density at radius 3 is 2.79 bits per heavy atom. The van der Waals surface area contributed by atoms with E-state index in [2.05, 4.69) is 5.32 Å². The van der Waals surface area contributed by atoms with E-state index in [9.17, 15) is 4.79 Å². The molecule has 0 unspecified atom stereocenters. The van der Waals surface area contributed by atoms with Crippen LogP contribution >= 0.6 is 22.9 Å². The van der Waals surface area contributed by atoms with Gasteiger partial charge in [0.05, 0.1) is 11.3 Å². The normalized spacial score (nSPS) is 13.2. The fraction of sp³-hybridized carbons (Fsp3) is 0.235. The van der Waals surface area contributed by atoms with Gasteiger partial charge in [-0.15, -0.1) is 11.3 Å². The van der Waals surface area contributed by atoms with Crippen LogP contribution in [-0.4, -0.2) is 25.7 Å². The lowest BCUT2D eigenvalue weighted by atomic mass is 10.2. The van der Waals surface area contributed by atoms with Crippen LogP contribution in [0.15, 0.2) is 34.9 Å². The second-order valence-electron chi connectivity index (χ2n) is 5.32. The lowest BCUT2D eigenvalue weighted by molar-refractivity contribution is 0.0958. The largest absolute Gasteiger partial charge is 0.486 e. The Labute approximate surface area is 147 Å². The number of halogens is 1. The first kappa shape index (κ1) is 15.4. The zero-order chi connectivity index (χ0) is 16.5. The minimum atomic E-state index is -0.187. The molecule has 24 heavy (non-hydrogen) atoms. The summed E-state index contributed by atoms with van der Waals surface area (Å²) in [4.78, 5) is 12.9. The third-order valence-corrected chi connectivity index (χ3v) is 5.39. The van der Waals surface area contributed by atoms with E-state index in [1.807, 2.05) is 24.3 Å². The molecule has 1 N–H and O–H groups in total. The van der Waals surface area contributed by atoms with Gasteiger partial charge in [0.25, 0.3) is 5.91 Å². The third kappa shape index (κ3) is 2.83. The van der Waals surface area contributed by atoms with Crippen LogP contribution in [0, 0.1) is 0 Å². The zero-order valence-electron chi connectivity index (χ0n) is 12.6. The van der Waals surface area contributed by atoms with Crippen LogP contribution in [0.2, 0.25) is 5.02 Å². The molecule has 1 aliphatic heterocycles. The number of fused-ring (bicyclic) bond motifs is 2. The van der Waals surface area contributed by atoms with Crippen molar-refractivity contribution in [3.8, 4) is 11.5 Å². The number of carbonyl (C=O) groups is 1. The van der Waals surface area contributed by atoms with Gasteiger partial charge in [0.2, 0.25) is 0 Å². The van der Waals surface area contributed by atoms with E-state index in [-0.39, 0.29) is 5.91 Å². The number of ether oxygens (including phenoxy) is 2. The molecule has 0 aliphatic carbocycles. The molecule has 0 radical (unpaired) electrons. The maximum Gasteiger partial charge on any atom is 0.262 e. The Hall–Kier alpha value is -2.18. The lowest BCUT2D eigenvalue weighted by Gasteiger charge is -2.18. The van der Waals surface area contributed by atoms with Gasteiger partial charge in [0.15, 0.2) is 11.5 Å². The van der Waals surface area contributed by atoms with E-state index in [4.69, 9.17) is 25.5 Å². The summed E-state index contributed by atoms with van der Waals surface area (Å²) in [5, 5.41) is 4.13. The van der Waals surface area contributed by atoms with Crippen molar-refractivity contribution in [3.05, 3.63) is 46.2 Å². The van der Waals surface area contributed by atoms with Crippen LogP contribution in [0.5, 0.6) is 11.5 Å². The predicted octanol–water partition coefficient (Wildman–Crippen LogP) is 3.89. The molecule has 0 saturated carbocycles. The van der Waals surface area contributed by atoms with Crippen molar-refractivity contribution in [2.75, 3.05) is 19.8 Å². The lowest BCUT2D eigenvalue weighted by Crippen LogP contribution is -2.25. The van der Waals surface area contributed by atoms with Gasteiger partial charge < -0.3 is 19.2 Å². The second kappa shape index (κ2) is 6.37. The average molecular weight is 364 g/mol. The Morgan fingerprint density at radius 1 is 1.25 bits per heavy atom. The molecule has 2 aromatic heterocycles. The van der Waals surface area contributed by atoms with E-state index in [0.29, 0.717) is 47.6 Å². The van der Waals surface area contributed by atoms with Crippen LogP contribution in [-0.2, 0) is 6.42 Å². The molecular formula is C17H14ClNO4S. The Kier molecular flexibility index (Phi) is 4.08. The number of thiophene rings is 1. The van der Waals surface area contributed by atoms with Gasteiger partial charge >= 0.3 is 0 Å². The van der Waals surface area contributed by atoms with Gasteiger partial charge in [-0.3, -0.25) is 4.79 Å². The first-order valence-corrected chi connectivity index (χ1v) is 8.74. The van der Waals surface area contributed by atoms with Crippen molar-refractivity contribution in [1.82, 2.24) is 5.32 Å². The highest BCUT2D eigenvalue weighted by Crippen LogP contribution is 2.42. The van der Waals surface area contributed by atoms with Gasteiger partial charge in [0, 0.05) is 29.1 Å². The summed E-state index contributed by atoms with van der Waals surface area (Å²) in [5.74, 6) is 2.00. The Bertz CT molecular complexity index is 888. The summed E-state index contributed by atoms with van der Waals surface area (Å²) in [7, 11) is 0. The van der Waals surface area contributed by atoms with Crippen molar-refractivity contribution in [1.29, 1.82) is 0 Å². The van der Waals surface area contributed by atoms with Crippen LogP contribution in [0.4, 0.5) is 0 Å². The number of hydrogen-bond acceptors (Lipinski definition) is 5. The van der Waals surface area contributed by atoms with E-state index >= 15 is 0 Å². The minimum absolute atomic E-state index is 0.187. The molecule has 0 fully saturated rings. The summed E-state index contributed by atoms with van der Waals surface area (Å²) in [6.45, 7) is 1.53. The third-order valence-electron chi connectivity index (χ3n) is 3.74. The topological polar surface area (TPSA) is 60.7 Å². The van der Waals surface area contributed by atoms with Crippen molar-refractivity contribution in [3.63, 3.8) is 0 Å². The second-order valence-corrected chi connectivity index (χ2v) is 6.75. The predicted molar refractivity (Wildman–Crippen MR) is 92.6 cm³/mol. The minimum Gasteiger partial charge on any atom is -0.486 e. The Morgan fingerprint density at radius 2 is 2.04 bits per heavy atom. The highest BCUT2D eigenvalue weighted by Gasteiger charge is 2.21. The molecular weight excluding hydrogens is 350 g/mol. The van der Waals surface area contributed by atoms with Gasteiger partial charge in [-0.1, -0.05) is 11.6 Å². The number of amides is 1. The smallest absolute Gasteiger partial charge is 0.262 e. The maximum absolute atomic E-state index is 12.4. The molecule has 124 valence electrons. The van der Waals surface area contributed by atoms with Crippen molar-refractivity contribution >= 4 is 38.9 Å². The molecule has 0 atom stereocenters.